The molecule has 0 heterocycles. The Bertz CT molecular complexity index is 427. The van der Waals surface area contributed by atoms with E-state index in [0.29, 0.717) is 6.54 Å². The van der Waals surface area contributed by atoms with Gasteiger partial charge in [-0.05, 0) is 30.7 Å². The molecule has 0 spiro atoms. The van der Waals surface area contributed by atoms with Crippen molar-refractivity contribution in [3.05, 3.63) is 17.7 Å². The largest absolute Gasteiger partial charge is 0.496 e. The molecular weight excluding hydrogens is 246 g/mol. The number of methoxy groups -OCH3 is 2. The highest BCUT2D eigenvalue weighted by atomic mass is 32.2. The van der Waals surface area contributed by atoms with Gasteiger partial charge in [-0.1, -0.05) is 0 Å². The van der Waals surface area contributed by atoms with Crippen molar-refractivity contribution >= 4 is 11.8 Å². The van der Waals surface area contributed by atoms with E-state index in [9.17, 15) is 0 Å². The zero-order valence-corrected chi connectivity index (χ0v) is 11.7. The maximum Gasteiger partial charge on any atom is 0.132 e. The standard InChI is InChI=1S/C14H19NO2S/c1-4-5-8-18-14-10-12(16-2)11(6-7-15)9-13(14)17-3/h1,9-10H,5-8,15H2,2-3H3. The fourth-order valence-corrected chi connectivity index (χ4v) is 2.53. The molecule has 0 atom stereocenters. The molecule has 98 valence electrons. The summed E-state index contributed by atoms with van der Waals surface area (Å²) in [4.78, 5) is 1.05. The van der Waals surface area contributed by atoms with Crippen LogP contribution < -0.4 is 15.2 Å². The van der Waals surface area contributed by atoms with Gasteiger partial charge in [0, 0.05) is 12.2 Å². The van der Waals surface area contributed by atoms with Crippen molar-refractivity contribution < 1.29 is 9.47 Å². The molecule has 18 heavy (non-hydrogen) atoms. The number of hydrogen-bond donors (Lipinski definition) is 1. The van der Waals surface area contributed by atoms with Crippen LogP contribution in [0.5, 0.6) is 11.5 Å². The first-order valence-corrected chi connectivity index (χ1v) is 6.76. The second kappa shape index (κ2) is 7.91. The van der Waals surface area contributed by atoms with Crippen molar-refractivity contribution in [2.24, 2.45) is 5.73 Å². The maximum absolute atomic E-state index is 5.59. The maximum atomic E-state index is 5.59. The molecule has 2 N–H and O–H groups in total. The van der Waals surface area contributed by atoms with E-state index in [1.165, 1.54) is 0 Å². The molecule has 0 saturated carbocycles. The summed E-state index contributed by atoms with van der Waals surface area (Å²) in [5, 5.41) is 0. The third-order valence-electron chi connectivity index (χ3n) is 2.48. The first kappa shape index (κ1) is 14.7. The van der Waals surface area contributed by atoms with Gasteiger partial charge in [-0.3, -0.25) is 0 Å². The predicted molar refractivity (Wildman–Crippen MR) is 76.5 cm³/mol. The van der Waals surface area contributed by atoms with Crippen molar-refractivity contribution in [2.45, 2.75) is 17.7 Å². The van der Waals surface area contributed by atoms with Gasteiger partial charge in [-0.2, -0.15) is 0 Å². The molecule has 0 fully saturated rings. The summed E-state index contributed by atoms with van der Waals surface area (Å²) < 4.78 is 10.8. The van der Waals surface area contributed by atoms with Crippen LogP contribution in [0.2, 0.25) is 0 Å². The molecule has 1 aromatic rings. The van der Waals surface area contributed by atoms with Crippen molar-refractivity contribution in [2.75, 3.05) is 26.5 Å². The minimum atomic E-state index is 0.586. The molecule has 0 aliphatic carbocycles. The number of nitrogens with two attached hydrogens (primary N) is 1. The third-order valence-corrected chi connectivity index (χ3v) is 3.52. The van der Waals surface area contributed by atoms with Gasteiger partial charge in [0.1, 0.15) is 11.5 Å². The van der Waals surface area contributed by atoms with E-state index >= 15 is 0 Å². The molecule has 0 amide bonds. The highest BCUT2D eigenvalue weighted by Crippen LogP contribution is 2.36. The van der Waals surface area contributed by atoms with Crippen LogP contribution in [0.3, 0.4) is 0 Å². The van der Waals surface area contributed by atoms with Crippen LogP contribution in [0.15, 0.2) is 17.0 Å². The third kappa shape index (κ3) is 3.86. The fourth-order valence-electron chi connectivity index (χ4n) is 1.62. The Morgan fingerprint density at radius 2 is 2.00 bits per heavy atom. The lowest BCUT2D eigenvalue weighted by molar-refractivity contribution is 0.390. The summed E-state index contributed by atoms with van der Waals surface area (Å²) in [5.74, 6) is 5.19. The lowest BCUT2D eigenvalue weighted by Crippen LogP contribution is -2.05. The lowest BCUT2D eigenvalue weighted by atomic mass is 10.1. The van der Waals surface area contributed by atoms with E-state index in [-0.39, 0.29) is 0 Å². The molecule has 3 nitrogen and oxygen atoms in total. The highest BCUT2D eigenvalue weighted by molar-refractivity contribution is 7.99. The topological polar surface area (TPSA) is 44.5 Å². The molecule has 0 radical (unpaired) electrons. The van der Waals surface area contributed by atoms with Crippen molar-refractivity contribution in [3.8, 4) is 23.8 Å². The molecule has 0 aromatic heterocycles. The lowest BCUT2D eigenvalue weighted by Gasteiger charge is -2.14. The Hall–Kier alpha value is -1.31. The normalized spacial score (nSPS) is 9.89. The smallest absolute Gasteiger partial charge is 0.132 e. The molecule has 0 aliphatic heterocycles. The number of hydrogen-bond acceptors (Lipinski definition) is 4. The first-order valence-electron chi connectivity index (χ1n) is 5.78. The van der Waals surface area contributed by atoms with E-state index < -0.39 is 0 Å². The van der Waals surface area contributed by atoms with Gasteiger partial charge in [-0.25, -0.2) is 0 Å². The van der Waals surface area contributed by atoms with Crippen LogP contribution in [-0.2, 0) is 6.42 Å². The average Bonchev–Trinajstić information content (AvgIpc) is 2.40. The molecular formula is C14H19NO2S. The van der Waals surface area contributed by atoms with Crippen molar-refractivity contribution in [1.82, 2.24) is 0 Å². The molecule has 0 unspecified atom stereocenters. The summed E-state index contributed by atoms with van der Waals surface area (Å²) in [7, 11) is 3.33. The average molecular weight is 265 g/mol. The molecule has 1 rings (SSSR count). The monoisotopic (exact) mass is 265 g/mol. The second-order valence-electron chi connectivity index (χ2n) is 3.66. The number of ether oxygens (including phenoxy) is 2. The van der Waals surface area contributed by atoms with Gasteiger partial charge < -0.3 is 15.2 Å². The molecule has 0 saturated heterocycles. The van der Waals surface area contributed by atoms with Crippen LogP contribution in [0.1, 0.15) is 12.0 Å². The van der Waals surface area contributed by atoms with Gasteiger partial charge in [0.05, 0.1) is 19.1 Å². The van der Waals surface area contributed by atoms with E-state index in [1.54, 1.807) is 26.0 Å². The predicted octanol–water partition coefficient (Wildman–Crippen LogP) is 2.32. The minimum absolute atomic E-state index is 0.586. The second-order valence-corrected chi connectivity index (χ2v) is 4.79. The van der Waals surface area contributed by atoms with Crippen molar-refractivity contribution in [1.29, 1.82) is 0 Å². The number of rotatable bonds is 7. The molecule has 0 bridgehead atoms. The Kier molecular flexibility index (Phi) is 6.48. The summed E-state index contributed by atoms with van der Waals surface area (Å²) in [5.41, 5.74) is 6.66. The van der Waals surface area contributed by atoms with Gasteiger partial charge in [-0.15, -0.1) is 24.1 Å². The SMILES string of the molecule is C#CCCSc1cc(OC)c(CCN)cc1OC. The van der Waals surface area contributed by atoms with E-state index in [0.717, 1.165) is 40.6 Å². The van der Waals surface area contributed by atoms with Crippen LogP contribution in [-0.4, -0.2) is 26.5 Å². The van der Waals surface area contributed by atoms with E-state index in [4.69, 9.17) is 21.6 Å². The van der Waals surface area contributed by atoms with Gasteiger partial charge in [0.2, 0.25) is 0 Å². The van der Waals surface area contributed by atoms with E-state index in [2.05, 4.69) is 5.92 Å². The number of thioether (sulfide) groups is 1. The van der Waals surface area contributed by atoms with Gasteiger partial charge >= 0.3 is 0 Å². The molecule has 1 aromatic carbocycles. The van der Waals surface area contributed by atoms with Crippen LogP contribution in [0.4, 0.5) is 0 Å². The number of benzene rings is 1. The Morgan fingerprint density at radius 3 is 2.56 bits per heavy atom. The first-order chi connectivity index (χ1) is 8.76. The minimum Gasteiger partial charge on any atom is -0.496 e. The Morgan fingerprint density at radius 1 is 1.28 bits per heavy atom. The van der Waals surface area contributed by atoms with Gasteiger partial charge in [0.25, 0.3) is 0 Å². The Balaban J connectivity index is 2.98. The summed E-state index contributed by atoms with van der Waals surface area (Å²) in [6.07, 6.45) is 6.76. The fraction of sp³-hybridized carbons (Fsp3) is 0.429. The van der Waals surface area contributed by atoms with Crippen LogP contribution >= 0.6 is 11.8 Å². The molecule has 0 aliphatic rings. The Labute approximate surface area is 113 Å². The highest BCUT2D eigenvalue weighted by Gasteiger charge is 2.11. The van der Waals surface area contributed by atoms with Crippen LogP contribution in [0, 0.1) is 12.3 Å². The summed E-state index contributed by atoms with van der Waals surface area (Å²) >= 11 is 1.67. The summed E-state index contributed by atoms with van der Waals surface area (Å²) in [6.45, 7) is 0.586. The quantitative estimate of drug-likeness (QED) is 0.467. The molecule has 4 heteroatoms. The summed E-state index contributed by atoms with van der Waals surface area (Å²) in [6, 6.07) is 3.98. The van der Waals surface area contributed by atoms with Crippen molar-refractivity contribution in [3.63, 3.8) is 0 Å². The van der Waals surface area contributed by atoms with Crippen LogP contribution in [0.25, 0.3) is 0 Å². The number of terminal acetylenes is 1. The zero-order chi connectivity index (χ0) is 13.4. The van der Waals surface area contributed by atoms with Gasteiger partial charge in [0.15, 0.2) is 0 Å². The van der Waals surface area contributed by atoms with E-state index in [1.807, 2.05) is 12.1 Å². The zero-order valence-electron chi connectivity index (χ0n) is 10.9.